The molecule has 1 aromatic carbocycles. The van der Waals surface area contributed by atoms with Gasteiger partial charge in [0.15, 0.2) is 0 Å². The van der Waals surface area contributed by atoms with Crippen molar-refractivity contribution in [1.29, 1.82) is 0 Å². The molecule has 0 saturated carbocycles. The number of nitrogens with zero attached hydrogens (tertiary/aromatic N) is 2. The Balaban J connectivity index is 2.08. The van der Waals surface area contributed by atoms with Crippen LogP contribution in [0.3, 0.4) is 0 Å². The molecule has 1 heterocycles. The third-order valence-electron chi connectivity index (χ3n) is 2.88. The fourth-order valence-corrected chi connectivity index (χ4v) is 3.14. The quantitative estimate of drug-likeness (QED) is 0.835. The standard InChI is InChI=1S/C14H19N3O3S/c1-12(11-20-2)16-21(18,19)14-8-15-17(10-14)9-13-6-4-3-5-7-13/h3-8,10,12,16H,9,11H2,1-2H3. The molecule has 1 unspecified atom stereocenters. The second-order valence-electron chi connectivity index (χ2n) is 4.84. The Kier molecular flexibility index (Phi) is 5.11. The maximum absolute atomic E-state index is 12.2. The number of methoxy groups -OCH3 is 1. The summed E-state index contributed by atoms with van der Waals surface area (Å²) in [4.78, 5) is 0.154. The lowest BCUT2D eigenvalue weighted by Crippen LogP contribution is -2.35. The van der Waals surface area contributed by atoms with Gasteiger partial charge in [-0.2, -0.15) is 5.10 Å². The van der Waals surface area contributed by atoms with Crippen molar-refractivity contribution in [2.24, 2.45) is 0 Å². The number of sulfonamides is 1. The molecule has 6 nitrogen and oxygen atoms in total. The van der Waals surface area contributed by atoms with Crippen LogP contribution in [0.1, 0.15) is 12.5 Å². The molecule has 0 aliphatic heterocycles. The Morgan fingerprint density at radius 2 is 2.05 bits per heavy atom. The first-order valence-electron chi connectivity index (χ1n) is 6.59. The van der Waals surface area contributed by atoms with Crippen LogP contribution in [0.25, 0.3) is 0 Å². The average molecular weight is 309 g/mol. The highest BCUT2D eigenvalue weighted by Gasteiger charge is 2.19. The maximum atomic E-state index is 12.2. The minimum absolute atomic E-state index is 0.154. The lowest BCUT2D eigenvalue weighted by Gasteiger charge is -2.11. The zero-order valence-electron chi connectivity index (χ0n) is 12.1. The molecule has 0 fully saturated rings. The summed E-state index contributed by atoms with van der Waals surface area (Å²) in [6.07, 6.45) is 2.87. The first-order chi connectivity index (χ1) is 10.0. The average Bonchev–Trinajstić information content (AvgIpc) is 2.89. The van der Waals surface area contributed by atoms with Gasteiger partial charge in [-0.1, -0.05) is 30.3 Å². The number of nitrogens with one attached hydrogen (secondary N) is 1. The second kappa shape index (κ2) is 6.84. The normalized spacial score (nSPS) is 13.2. The summed E-state index contributed by atoms with van der Waals surface area (Å²) in [6, 6.07) is 9.44. The summed E-state index contributed by atoms with van der Waals surface area (Å²) in [5, 5.41) is 4.10. The Morgan fingerprint density at radius 3 is 2.71 bits per heavy atom. The molecule has 1 atom stereocenters. The van der Waals surface area contributed by atoms with Crippen LogP contribution in [0, 0.1) is 0 Å². The number of aromatic nitrogens is 2. The van der Waals surface area contributed by atoms with Gasteiger partial charge in [0, 0.05) is 19.3 Å². The largest absolute Gasteiger partial charge is 0.383 e. The highest BCUT2D eigenvalue weighted by Crippen LogP contribution is 2.09. The van der Waals surface area contributed by atoms with Gasteiger partial charge in [0.05, 0.1) is 19.3 Å². The SMILES string of the molecule is COCC(C)NS(=O)(=O)c1cnn(Cc2ccccc2)c1. The Hall–Kier alpha value is -1.70. The van der Waals surface area contributed by atoms with Crippen LogP contribution in [0.15, 0.2) is 47.6 Å². The first kappa shape index (κ1) is 15.7. The van der Waals surface area contributed by atoms with Crippen LogP contribution in [-0.2, 0) is 21.3 Å². The van der Waals surface area contributed by atoms with Crippen molar-refractivity contribution < 1.29 is 13.2 Å². The molecule has 21 heavy (non-hydrogen) atoms. The fraction of sp³-hybridized carbons (Fsp3) is 0.357. The predicted molar refractivity (Wildman–Crippen MR) is 79.4 cm³/mol. The zero-order chi connectivity index (χ0) is 15.3. The van der Waals surface area contributed by atoms with E-state index in [-0.39, 0.29) is 10.9 Å². The number of hydrogen-bond donors (Lipinski definition) is 1. The summed E-state index contributed by atoms with van der Waals surface area (Å²) in [5.41, 5.74) is 1.06. The van der Waals surface area contributed by atoms with Crippen molar-refractivity contribution in [3.63, 3.8) is 0 Å². The van der Waals surface area contributed by atoms with Gasteiger partial charge >= 0.3 is 0 Å². The van der Waals surface area contributed by atoms with Gasteiger partial charge in [-0.25, -0.2) is 13.1 Å². The molecule has 1 aromatic heterocycles. The molecule has 0 saturated heterocycles. The smallest absolute Gasteiger partial charge is 0.244 e. The van der Waals surface area contributed by atoms with Crippen molar-refractivity contribution in [3.05, 3.63) is 48.3 Å². The van der Waals surface area contributed by atoms with Crippen LogP contribution < -0.4 is 4.72 Å². The minimum Gasteiger partial charge on any atom is -0.383 e. The van der Waals surface area contributed by atoms with E-state index in [4.69, 9.17) is 4.74 Å². The molecule has 0 aliphatic carbocycles. The van der Waals surface area contributed by atoms with E-state index in [0.717, 1.165) is 5.56 Å². The Labute approximate surface area is 124 Å². The molecule has 1 N–H and O–H groups in total. The molecular formula is C14H19N3O3S. The first-order valence-corrected chi connectivity index (χ1v) is 8.07. The third kappa shape index (κ3) is 4.38. The highest BCUT2D eigenvalue weighted by atomic mass is 32.2. The summed E-state index contributed by atoms with van der Waals surface area (Å²) in [6.45, 7) is 2.59. The van der Waals surface area contributed by atoms with Crippen molar-refractivity contribution in [2.45, 2.75) is 24.4 Å². The van der Waals surface area contributed by atoms with E-state index < -0.39 is 10.0 Å². The molecule has 0 aliphatic rings. The van der Waals surface area contributed by atoms with E-state index in [9.17, 15) is 8.42 Å². The van der Waals surface area contributed by atoms with E-state index >= 15 is 0 Å². The van der Waals surface area contributed by atoms with Gasteiger partial charge < -0.3 is 4.74 Å². The number of hydrogen-bond acceptors (Lipinski definition) is 4. The Morgan fingerprint density at radius 1 is 1.33 bits per heavy atom. The predicted octanol–water partition coefficient (Wildman–Crippen LogP) is 1.24. The zero-order valence-corrected chi connectivity index (χ0v) is 12.9. The molecule has 0 bridgehead atoms. The summed E-state index contributed by atoms with van der Waals surface area (Å²) < 4.78 is 33.4. The van der Waals surface area contributed by atoms with Gasteiger partial charge in [0.2, 0.25) is 10.0 Å². The van der Waals surface area contributed by atoms with Crippen LogP contribution >= 0.6 is 0 Å². The van der Waals surface area contributed by atoms with E-state index in [1.54, 1.807) is 11.6 Å². The molecule has 114 valence electrons. The van der Waals surface area contributed by atoms with Gasteiger partial charge in [-0.15, -0.1) is 0 Å². The van der Waals surface area contributed by atoms with Crippen molar-refractivity contribution in [3.8, 4) is 0 Å². The molecule has 7 heteroatoms. The lowest BCUT2D eigenvalue weighted by atomic mass is 10.2. The monoisotopic (exact) mass is 309 g/mol. The van der Waals surface area contributed by atoms with Crippen molar-refractivity contribution in [2.75, 3.05) is 13.7 Å². The van der Waals surface area contributed by atoms with Crippen LogP contribution in [0.2, 0.25) is 0 Å². The topological polar surface area (TPSA) is 73.2 Å². The molecule has 0 radical (unpaired) electrons. The number of benzene rings is 1. The summed E-state index contributed by atoms with van der Waals surface area (Å²) in [7, 11) is -2.04. The van der Waals surface area contributed by atoms with E-state index in [1.165, 1.54) is 19.5 Å². The number of ether oxygens (including phenoxy) is 1. The van der Waals surface area contributed by atoms with E-state index in [2.05, 4.69) is 9.82 Å². The maximum Gasteiger partial charge on any atom is 0.244 e. The molecule has 2 rings (SSSR count). The van der Waals surface area contributed by atoms with Crippen LogP contribution in [0.5, 0.6) is 0 Å². The summed E-state index contributed by atoms with van der Waals surface area (Å²) >= 11 is 0. The van der Waals surface area contributed by atoms with Crippen molar-refractivity contribution in [1.82, 2.24) is 14.5 Å². The Bertz CT molecular complexity index is 668. The van der Waals surface area contributed by atoms with Gasteiger partial charge in [0.25, 0.3) is 0 Å². The number of rotatable bonds is 7. The molecule has 2 aromatic rings. The van der Waals surface area contributed by atoms with Gasteiger partial charge in [0.1, 0.15) is 4.90 Å². The van der Waals surface area contributed by atoms with Gasteiger partial charge in [-0.05, 0) is 12.5 Å². The van der Waals surface area contributed by atoms with Gasteiger partial charge in [-0.3, -0.25) is 4.68 Å². The lowest BCUT2D eigenvalue weighted by molar-refractivity contribution is 0.180. The molecule has 0 amide bonds. The second-order valence-corrected chi connectivity index (χ2v) is 6.55. The van der Waals surface area contributed by atoms with Crippen LogP contribution in [0.4, 0.5) is 0 Å². The van der Waals surface area contributed by atoms with Crippen LogP contribution in [-0.4, -0.2) is 38.0 Å². The molecule has 0 spiro atoms. The highest BCUT2D eigenvalue weighted by molar-refractivity contribution is 7.89. The third-order valence-corrected chi connectivity index (χ3v) is 4.42. The van der Waals surface area contributed by atoms with E-state index in [0.29, 0.717) is 13.2 Å². The van der Waals surface area contributed by atoms with Crippen molar-refractivity contribution >= 4 is 10.0 Å². The summed E-state index contributed by atoms with van der Waals surface area (Å²) in [5.74, 6) is 0. The fourth-order valence-electron chi connectivity index (χ4n) is 1.96. The molecular weight excluding hydrogens is 290 g/mol. The van der Waals surface area contributed by atoms with E-state index in [1.807, 2.05) is 30.3 Å². The minimum atomic E-state index is -3.57.